The maximum atomic E-state index is 6.28. The maximum absolute atomic E-state index is 6.28. The van der Waals surface area contributed by atoms with Crippen LogP contribution >= 0.6 is 23.2 Å². The van der Waals surface area contributed by atoms with Crippen molar-refractivity contribution in [3.8, 4) is 17.1 Å². The van der Waals surface area contributed by atoms with Crippen LogP contribution in [0, 0.1) is 0 Å². The van der Waals surface area contributed by atoms with E-state index in [0.717, 1.165) is 45.0 Å². The Labute approximate surface area is 201 Å². The lowest BCUT2D eigenvalue weighted by atomic mass is 10.1. The topological polar surface area (TPSA) is 35.3 Å². The Morgan fingerprint density at radius 2 is 1.64 bits per heavy atom. The minimum Gasteiger partial charge on any atom is -0.487 e. The van der Waals surface area contributed by atoms with Gasteiger partial charge in [-0.15, -0.1) is 0 Å². The van der Waals surface area contributed by atoms with Crippen LogP contribution in [-0.2, 0) is 6.61 Å². The van der Waals surface area contributed by atoms with Crippen molar-refractivity contribution in [1.82, 2.24) is 4.98 Å². The molecule has 5 aromatic rings. The number of nitrogens with zero attached hydrogens (tertiary/aromatic N) is 1. The van der Waals surface area contributed by atoms with Crippen molar-refractivity contribution < 1.29 is 9.15 Å². The molecule has 2 heterocycles. The quantitative estimate of drug-likeness (QED) is 0.248. The Balaban J connectivity index is 1.37. The van der Waals surface area contributed by atoms with E-state index in [2.05, 4.69) is 0 Å². The number of rotatable bonds is 6. The van der Waals surface area contributed by atoms with Gasteiger partial charge in [0.05, 0.1) is 10.7 Å². The molecular weight excluding hydrogens is 453 g/mol. The lowest BCUT2D eigenvalue weighted by Crippen LogP contribution is -1.97. The highest BCUT2D eigenvalue weighted by Gasteiger charge is 2.08. The first kappa shape index (κ1) is 21.3. The zero-order valence-corrected chi connectivity index (χ0v) is 19.1. The lowest BCUT2D eigenvalue weighted by Gasteiger charge is -2.09. The third-order valence-corrected chi connectivity index (χ3v) is 5.78. The summed E-state index contributed by atoms with van der Waals surface area (Å²) in [5.74, 6) is 2.18. The molecule has 0 radical (unpaired) electrons. The van der Waals surface area contributed by atoms with Crippen molar-refractivity contribution in [3.05, 3.63) is 118 Å². The van der Waals surface area contributed by atoms with Gasteiger partial charge in [-0.3, -0.25) is 0 Å². The van der Waals surface area contributed by atoms with Crippen LogP contribution in [0.4, 0.5) is 0 Å². The van der Waals surface area contributed by atoms with Crippen molar-refractivity contribution in [2.75, 3.05) is 0 Å². The Kier molecular flexibility index (Phi) is 6.16. The van der Waals surface area contributed by atoms with Gasteiger partial charge in [-0.05, 0) is 66.2 Å². The summed E-state index contributed by atoms with van der Waals surface area (Å²) in [6, 6.07) is 29.0. The summed E-state index contributed by atoms with van der Waals surface area (Å²) >= 11 is 12.2. The Morgan fingerprint density at radius 1 is 0.788 bits per heavy atom. The highest BCUT2D eigenvalue weighted by atomic mass is 35.5. The van der Waals surface area contributed by atoms with E-state index < -0.39 is 0 Å². The molecule has 3 nitrogen and oxygen atoms in total. The summed E-state index contributed by atoms with van der Waals surface area (Å²) in [6.07, 6.45) is 3.82. The zero-order chi connectivity index (χ0) is 22.6. The van der Waals surface area contributed by atoms with Crippen molar-refractivity contribution in [2.24, 2.45) is 0 Å². The van der Waals surface area contributed by atoms with Gasteiger partial charge in [-0.25, -0.2) is 4.98 Å². The average molecular weight is 472 g/mol. The van der Waals surface area contributed by atoms with Gasteiger partial charge in [0, 0.05) is 16.0 Å². The molecule has 5 heteroatoms. The number of aromatic nitrogens is 1. The molecule has 2 aromatic heterocycles. The second kappa shape index (κ2) is 9.53. The molecule has 0 atom stereocenters. The molecule has 33 heavy (non-hydrogen) atoms. The van der Waals surface area contributed by atoms with Crippen LogP contribution in [0.15, 0.2) is 95.4 Å². The van der Waals surface area contributed by atoms with Crippen LogP contribution in [0.25, 0.3) is 34.4 Å². The van der Waals surface area contributed by atoms with E-state index in [4.69, 9.17) is 37.3 Å². The predicted molar refractivity (Wildman–Crippen MR) is 136 cm³/mol. The number of hydrogen-bond donors (Lipinski definition) is 0. The predicted octanol–water partition coefficient (Wildman–Crippen LogP) is 8.55. The fraction of sp³-hybridized carbons (Fsp3) is 0.0357. The first-order chi connectivity index (χ1) is 16.2. The number of fused-ring (bicyclic) bond motifs is 1. The summed E-state index contributed by atoms with van der Waals surface area (Å²) in [7, 11) is 0. The minimum atomic E-state index is 0.440. The van der Waals surface area contributed by atoms with Gasteiger partial charge in [-0.2, -0.15) is 0 Å². The van der Waals surface area contributed by atoms with E-state index in [1.165, 1.54) is 0 Å². The van der Waals surface area contributed by atoms with Gasteiger partial charge in [0.25, 0.3) is 0 Å². The first-order valence-electron chi connectivity index (χ1n) is 10.5. The molecule has 0 amide bonds. The second-order valence-electron chi connectivity index (χ2n) is 7.49. The molecule has 5 rings (SSSR count). The van der Waals surface area contributed by atoms with E-state index in [9.17, 15) is 0 Å². The summed E-state index contributed by atoms with van der Waals surface area (Å²) in [5, 5.41) is 2.38. The average Bonchev–Trinajstić information content (AvgIpc) is 3.31. The molecule has 0 saturated heterocycles. The van der Waals surface area contributed by atoms with E-state index in [1.807, 2.05) is 103 Å². The number of para-hydroxylation sites is 1. The number of ether oxygens (including phenoxy) is 1. The van der Waals surface area contributed by atoms with Gasteiger partial charge >= 0.3 is 0 Å². The molecule has 0 N–H and O–H groups in total. The van der Waals surface area contributed by atoms with Gasteiger partial charge in [0.2, 0.25) is 0 Å². The van der Waals surface area contributed by atoms with Crippen molar-refractivity contribution in [1.29, 1.82) is 0 Å². The van der Waals surface area contributed by atoms with E-state index in [-0.39, 0.29) is 0 Å². The molecule has 3 aromatic carbocycles. The third kappa shape index (κ3) is 4.95. The standard InChI is InChI=1S/C28H19Cl2NO2/c29-21-11-8-19(9-12-21)18-32-27-7-3-4-20-10-13-22(31-28(20)27)14-15-23-16-17-26(33-23)24-5-1-2-6-25(24)30/h1-17H,18H2. The van der Waals surface area contributed by atoms with E-state index >= 15 is 0 Å². The Morgan fingerprint density at radius 3 is 2.48 bits per heavy atom. The smallest absolute Gasteiger partial charge is 0.146 e. The van der Waals surface area contributed by atoms with Gasteiger partial charge in [0.15, 0.2) is 0 Å². The van der Waals surface area contributed by atoms with Crippen molar-refractivity contribution in [2.45, 2.75) is 6.61 Å². The van der Waals surface area contributed by atoms with Crippen molar-refractivity contribution >= 4 is 46.3 Å². The van der Waals surface area contributed by atoms with Crippen molar-refractivity contribution in [3.63, 3.8) is 0 Å². The number of benzene rings is 3. The summed E-state index contributed by atoms with van der Waals surface area (Å²) in [4.78, 5) is 4.80. The maximum Gasteiger partial charge on any atom is 0.146 e. The largest absolute Gasteiger partial charge is 0.487 e. The third-order valence-electron chi connectivity index (χ3n) is 5.20. The number of pyridine rings is 1. The normalized spacial score (nSPS) is 11.3. The first-order valence-corrected chi connectivity index (χ1v) is 11.2. The van der Waals surface area contributed by atoms with Crippen LogP contribution in [0.3, 0.4) is 0 Å². The monoisotopic (exact) mass is 471 g/mol. The Hall–Kier alpha value is -3.53. The Bertz CT molecular complexity index is 1440. The number of hydrogen-bond acceptors (Lipinski definition) is 3. The number of furan rings is 1. The van der Waals surface area contributed by atoms with Crippen LogP contribution in [0.5, 0.6) is 5.75 Å². The lowest BCUT2D eigenvalue weighted by molar-refractivity contribution is 0.309. The van der Waals surface area contributed by atoms with Gasteiger partial charge in [-0.1, -0.05) is 65.7 Å². The van der Waals surface area contributed by atoms with E-state index in [1.54, 1.807) is 0 Å². The summed E-state index contributed by atoms with van der Waals surface area (Å²) in [5.41, 5.74) is 3.52. The molecule has 0 spiro atoms. The van der Waals surface area contributed by atoms with Gasteiger partial charge < -0.3 is 9.15 Å². The van der Waals surface area contributed by atoms with Crippen LogP contribution < -0.4 is 4.74 Å². The minimum absolute atomic E-state index is 0.440. The van der Waals surface area contributed by atoms with Crippen LogP contribution in [0.2, 0.25) is 10.0 Å². The fourth-order valence-electron chi connectivity index (χ4n) is 3.50. The SMILES string of the molecule is Clc1ccc(COc2cccc3ccc(C=Cc4ccc(-c5ccccc5Cl)o4)nc23)cc1. The van der Waals surface area contributed by atoms with Gasteiger partial charge in [0.1, 0.15) is 29.4 Å². The molecule has 0 bridgehead atoms. The zero-order valence-electron chi connectivity index (χ0n) is 17.5. The molecule has 0 aliphatic rings. The molecule has 0 saturated carbocycles. The molecule has 0 unspecified atom stereocenters. The molecule has 162 valence electrons. The molecule has 0 fully saturated rings. The van der Waals surface area contributed by atoms with Crippen LogP contribution in [0.1, 0.15) is 17.0 Å². The van der Waals surface area contributed by atoms with Crippen LogP contribution in [-0.4, -0.2) is 4.98 Å². The fourth-order valence-corrected chi connectivity index (χ4v) is 3.86. The summed E-state index contributed by atoms with van der Waals surface area (Å²) in [6.45, 7) is 0.440. The highest BCUT2D eigenvalue weighted by Crippen LogP contribution is 2.30. The summed E-state index contributed by atoms with van der Waals surface area (Å²) < 4.78 is 12.0. The second-order valence-corrected chi connectivity index (χ2v) is 8.34. The molecular formula is C28H19Cl2NO2. The number of halogens is 2. The highest BCUT2D eigenvalue weighted by molar-refractivity contribution is 6.33. The van der Waals surface area contributed by atoms with E-state index in [0.29, 0.717) is 16.7 Å². The molecule has 0 aliphatic heterocycles. The molecule has 0 aliphatic carbocycles.